The quantitative estimate of drug-likeness (QED) is 0.736. The summed E-state index contributed by atoms with van der Waals surface area (Å²) in [6.45, 7) is 6.57. The molecule has 0 aliphatic rings. The van der Waals surface area contributed by atoms with Gasteiger partial charge >= 0.3 is 0 Å². The van der Waals surface area contributed by atoms with Gasteiger partial charge in [0.15, 0.2) is 0 Å². The van der Waals surface area contributed by atoms with Gasteiger partial charge in [0, 0.05) is 20.2 Å². The van der Waals surface area contributed by atoms with Gasteiger partial charge in [0.1, 0.15) is 11.6 Å². The molecule has 0 fully saturated rings. The molecule has 2 N–H and O–H groups in total. The van der Waals surface area contributed by atoms with Gasteiger partial charge in [-0.1, -0.05) is 6.92 Å². The Morgan fingerprint density at radius 2 is 2.00 bits per heavy atom. The number of hydrogen-bond donors (Lipinski definition) is 2. The lowest BCUT2D eigenvalue weighted by Gasteiger charge is -2.12. The molecule has 0 bridgehead atoms. The zero-order valence-electron chi connectivity index (χ0n) is 10.2. The molecular formula is C11H20N4O. The SMILES string of the molecule is CCNc1cncc(NCC(C)COC)n1. The third-order valence-corrected chi connectivity index (χ3v) is 2.08. The van der Waals surface area contributed by atoms with Gasteiger partial charge in [0.25, 0.3) is 0 Å². The van der Waals surface area contributed by atoms with Gasteiger partial charge in [-0.15, -0.1) is 0 Å². The molecule has 0 radical (unpaired) electrons. The molecule has 1 heterocycles. The first-order chi connectivity index (χ1) is 7.76. The molecule has 1 rings (SSSR count). The van der Waals surface area contributed by atoms with Gasteiger partial charge in [-0.05, 0) is 12.8 Å². The number of hydrogen-bond acceptors (Lipinski definition) is 5. The van der Waals surface area contributed by atoms with Gasteiger partial charge in [-0.25, -0.2) is 4.98 Å². The minimum absolute atomic E-state index is 0.453. The van der Waals surface area contributed by atoms with Crippen LogP contribution in [0.1, 0.15) is 13.8 Å². The third-order valence-electron chi connectivity index (χ3n) is 2.08. The first-order valence-corrected chi connectivity index (χ1v) is 5.55. The smallest absolute Gasteiger partial charge is 0.146 e. The van der Waals surface area contributed by atoms with E-state index < -0.39 is 0 Å². The normalized spacial score (nSPS) is 12.2. The molecule has 0 aliphatic heterocycles. The molecule has 0 amide bonds. The lowest BCUT2D eigenvalue weighted by atomic mass is 10.2. The van der Waals surface area contributed by atoms with E-state index in [2.05, 4.69) is 27.5 Å². The maximum atomic E-state index is 5.07. The third kappa shape index (κ3) is 4.44. The number of ether oxygens (including phenoxy) is 1. The predicted molar refractivity (Wildman–Crippen MR) is 65.7 cm³/mol. The first-order valence-electron chi connectivity index (χ1n) is 5.55. The van der Waals surface area contributed by atoms with Gasteiger partial charge < -0.3 is 15.4 Å². The van der Waals surface area contributed by atoms with E-state index >= 15 is 0 Å². The lowest BCUT2D eigenvalue weighted by Crippen LogP contribution is -2.16. The van der Waals surface area contributed by atoms with Crippen LogP contribution in [0.4, 0.5) is 11.6 Å². The minimum atomic E-state index is 0.453. The van der Waals surface area contributed by atoms with Crippen molar-refractivity contribution in [2.75, 3.05) is 37.4 Å². The molecule has 1 unspecified atom stereocenters. The zero-order chi connectivity index (χ0) is 11.8. The van der Waals surface area contributed by atoms with E-state index in [1.165, 1.54) is 0 Å². The van der Waals surface area contributed by atoms with Gasteiger partial charge in [-0.2, -0.15) is 0 Å². The molecule has 0 spiro atoms. The van der Waals surface area contributed by atoms with E-state index in [0.29, 0.717) is 5.92 Å². The number of rotatable bonds is 7. The van der Waals surface area contributed by atoms with Crippen molar-refractivity contribution in [3.05, 3.63) is 12.4 Å². The molecule has 5 heteroatoms. The van der Waals surface area contributed by atoms with E-state index in [4.69, 9.17) is 4.74 Å². The van der Waals surface area contributed by atoms with Crippen molar-refractivity contribution < 1.29 is 4.74 Å². The van der Waals surface area contributed by atoms with Gasteiger partial charge in [0.2, 0.25) is 0 Å². The molecule has 0 aliphatic carbocycles. The molecule has 90 valence electrons. The zero-order valence-corrected chi connectivity index (χ0v) is 10.2. The highest BCUT2D eigenvalue weighted by Gasteiger charge is 2.02. The summed E-state index contributed by atoms with van der Waals surface area (Å²) in [5.41, 5.74) is 0. The molecule has 5 nitrogen and oxygen atoms in total. The molecule has 16 heavy (non-hydrogen) atoms. The fraction of sp³-hybridized carbons (Fsp3) is 0.636. The maximum absolute atomic E-state index is 5.07. The van der Waals surface area contributed by atoms with Crippen molar-refractivity contribution in [1.29, 1.82) is 0 Å². The Hall–Kier alpha value is -1.36. The first kappa shape index (κ1) is 12.7. The average Bonchev–Trinajstić information content (AvgIpc) is 2.28. The van der Waals surface area contributed by atoms with E-state index in [-0.39, 0.29) is 0 Å². The number of nitrogens with zero attached hydrogens (tertiary/aromatic N) is 2. The second-order valence-corrected chi connectivity index (χ2v) is 3.76. The molecule has 0 saturated heterocycles. The van der Waals surface area contributed by atoms with Crippen LogP contribution in [0.5, 0.6) is 0 Å². The van der Waals surface area contributed by atoms with Gasteiger partial charge in [0.05, 0.1) is 19.0 Å². The Kier molecular flexibility index (Phi) is 5.56. The van der Waals surface area contributed by atoms with Crippen LogP contribution in [0.3, 0.4) is 0 Å². The number of anilines is 2. The van der Waals surface area contributed by atoms with Crippen molar-refractivity contribution in [3.8, 4) is 0 Å². The fourth-order valence-corrected chi connectivity index (χ4v) is 1.34. The highest BCUT2D eigenvalue weighted by molar-refractivity contribution is 5.41. The summed E-state index contributed by atoms with van der Waals surface area (Å²) in [5, 5.41) is 6.36. The molecular weight excluding hydrogens is 204 g/mol. The van der Waals surface area contributed by atoms with Crippen molar-refractivity contribution in [1.82, 2.24) is 9.97 Å². The predicted octanol–water partition coefficient (Wildman–Crippen LogP) is 1.60. The molecule has 1 atom stereocenters. The fourth-order valence-electron chi connectivity index (χ4n) is 1.34. The Morgan fingerprint density at radius 3 is 2.62 bits per heavy atom. The number of nitrogens with one attached hydrogen (secondary N) is 2. The second-order valence-electron chi connectivity index (χ2n) is 3.76. The van der Waals surface area contributed by atoms with Crippen molar-refractivity contribution in [3.63, 3.8) is 0 Å². The molecule has 1 aromatic rings. The van der Waals surface area contributed by atoms with Crippen molar-refractivity contribution in [2.45, 2.75) is 13.8 Å². The van der Waals surface area contributed by atoms with Crippen LogP contribution < -0.4 is 10.6 Å². The standard InChI is InChI=1S/C11H20N4O/c1-4-13-10-6-12-7-11(15-10)14-5-9(2)8-16-3/h6-7,9H,4-5,8H2,1-3H3,(H2,13,14,15). The Balaban J connectivity index is 2.44. The Labute approximate surface area is 96.6 Å². The summed E-state index contributed by atoms with van der Waals surface area (Å²) in [7, 11) is 1.71. The van der Waals surface area contributed by atoms with E-state index in [9.17, 15) is 0 Å². The summed E-state index contributed by atoms with van der Waals surface area (Å²) in [5.74, 6) is 2.04. The van der Waals surface area contributed by atoms with Crippen LogP contribution in [-0.2, 0) is 4.74 Å². The van der Waals surface area contributed by atoms with E-state index in [0.717, 1.165) is 31.3 Å². The summed E-state index contributed by atoms with van der Waals surface area (Å²) in [4.78, 5) is 8.48. The maximum Gasteiger partial charge on any atom is 0.146 e. The number of aromatic nitrogens is 2. The summed E-state index contributed by atoms with van der Waals surface area (Å²) in [6, 6.07) is 0. The van der Waals surface area contributed by atoms with Crippen LogP contribution >= 0.6 is 0 Å². The highest BCUT2D eigenvalue weighted by atomic mass is 16.5. The Morgan fingerprint density at radius 1 is 1.31 bits per heavy atom. The Bertz CT molecular complexity index is 306. The summed E-state index contributed by atoms with van der Waals surface area (Å²) < 4.78 is 5.07. The number of methoxy groups -OCH3 is 1. The molecule has 0 saturated carbocycles. The van der Waals surface area contributed by atoms with E-state index in [1.54, 1.807) is 19.5 Å². The summed E-state index contributed by atoms with van der Waals surface area (Å²) >= 11 is 0. The van der Waals surface area contributed by atoms with Crippen LogP contribution in [-0.4, -0.2) is 36.8 Å². The second kappa shape index (κ2) is 7.00. The summed E-state index contributed by atoms with van der Waals surface area (Å²) in [6.07, 6.45) is 3.44. The topological polar surface area (TPSA) is 59.1 Å². The monoisotopic (exact) mass is 224 g/mol. The minimum Gasteiger partial charge on any atom is -0.384 e. The van der Waals surface area contributed by atoms with Crippen molar-refractivity contribution in [2.24, 2.45) is 5.92 Å². The van der Waals surface area contributed by atoms with Gasteiger partial charge in [-0.3, -0.25) is 4.98 Å². The highest BCUT2D eigenvalue weighted by Crippen LogP contribution is 2.07. The van der Waals surface area contributed by atoms with Crippen LogP contribution in [0, 0.1) is 5.92 Å². The molecule has 1 aromatic heterocycles. The largest absolute Gasteiger partial charge is 0.384 e. The van der Waals surface area contributed by atoms with Crippen LogP contribution in [0.2, 0.25) is 0 Å². The lowest BCUT2D eigenvalue weighted by molar-refractivity contribution is 0.164. The molecule has 0 aromatic carbocycles. The van der Waals surface area contributed by atoms with Crippen LogP contribution in [0.25, 0.3) is 0 Å². The van der Waals surface area contributed by atoms with Crippen LogP contribution in [0.15, 0.2) is 12.4 Å². The average molecular weight is 224 g/mol. The van der Waals surface area contributed by atoms with E-state index in [1.807, 2.05) is 6.92 Å². The van der Waals surface area contributed by atoms with Crippen molar-refractivity contribution >= 4 is 11.6 Å².